The van der Waals surface area contributed by atoms with Crippen molar-refractivity contribution in [2.75, 3.05) is 39.1 Å². The van der Waals surface area contributed by atoms with Crippen LogP contribution in [-0.4, -0.2) is 75.2 Å². The molecule has 0 radical (unpaired) electrons. The van der Waals surface area contributed by atoms with Gasteiger partial charge in [0.15, 0.2) is 0 Å². The topological polar surface area (TPSA) is 49.9 Å². The normalized spacial score (nSPS) is 27.1. The third-order valence-electron chi connectivity index (χ3n) is 3.25. The molecule has 8 heteroatoms. The summed E-state index contributed by atoms with van der Waals surface area (Å²) in [4.78, 5) is 2.07. The Morgan fingerprint density at radius 2 is 1.89 bits per heavy atom. The lowest BCUT2D eigenvalue weighted by molar-refractivity contribution is -0.00193. The molecule has 114 valence electrons. The van der Waals surface area contributed by atoms with Crippen molar-refractivity contribution in [1.82, 2.24) is 9.21 Å². The zero-order valence-electron chi connectivity index (χ0n) is 11.6. The van der Waals surface area contributed by atoms with Gasteiger partial charge in [-0.1, -0.05) is 0 Å². The zero-order valence-corrected chi connectivity index (χ0v) is 12.4. The Labute approximate surface area is 113 Å². The Morgan fingerprint density at radius 3 is 2.42 bits per heavy atom. The number of sulfonamides is 1. The number of piperazine rings is 1. The van der Waals surface area contributed by atoms with Gasteiger partial charge in [0.1, 0.15) is 6.61 Å². The first-order valence-electron chi connectivity index (χ1n) is 6.28. The molecule has 0 saturated carbocycles. The highest BCUT2D eigenvalue weighted by molar-refractivity contribution is 7.88. The van der Waals surface area contributed by atoms with Gasteiger partial charge < -0.3 is 4.74 Å². The number of nitrogens with zero attached hydrogens (tertiary/aromatic N) is 2. The number of alkyl halides is 2. The van der Waals surface area contributed by atoms with E-state index < -0.39 is 23.1 Å². The summed E-state index contributed by atoms with van der Waals surface area (Å²) in [6.45, 7) is 5.02. The highest BCUT2D eigenvalue weighted by Gasteiger charge is 2.33. The van der Waals surface area contributed by atoms with Gasteiger partial charge in [-0.25, -0.2) is 17.2 Å². The van der Waals surface area contributed by atoms with Crippen LogP contribution < -0.4 is 0 Å². The molecule has 0 aromatic heterocycles. The lowest BCUT2D eigenvalue weighted by Crippen LogP contribution is -2.58. The van der Waals surface area contributed by atoms with E-state index in [1.807, 2.05) is 13.8 Å². The van der Waals surface area contributed by atoms with Crippen molar-refractivity contribution in [1.29, 1.82) is 0 Å². The predicted octanol–water partition coefficient (Wildman–Crippen LogP) is 0.622. The van der Waals surface area contributed by atoms with E-state index in [9.17, 15) is 17.2 Å². The molecule has 0 aromatic carbocycles. The van der Waals surface area contributed by atoms with Crippen LogP contribution in [0.4, 0.5) is 8.78 Å². The summed E-state index contributed by atoms with van der Waals surface area (Å²) in [6.07, 6.45) is -1.24. The van der Waals surface area contributed by atoms with E-state index >= 15 is 0 Å². The first-order chi connectivity index (χ1) is 8.71. The Kier molecular flexibility index (Phi) is 6.10. The average molecular weight is 300 g/mol. The van der Waals surface area contributed by atoms with Gasteiger partial charge in [0, 0.05) is 31.7 Å². The predicted molar refractivity (Wildman–Crippen MR) is 68.9 cm³/mol. The molecule has 1 rings (SSSR count). The van der Waals surface area contributed by atoms with Crippen LogP contribution in [0.2, 0.25) is 0 Å². The van der Waals surface area contributed by atoms with Gasteiger partial charge in [0.05, 0.1) is 12.9 Å². The van der Waals surface area contributed by atoms with Crippen LogP contribution >= 0.6 is 0 Å². The molecule has 5 nitrogen and oxygen atoms in total. The van der Waals surface area contributed by atoms with Crippen LogP contribution in [-0.2, 0) is 14.8 Å². The van der Waals surface area contributed by atoms with E-state index in [0.29, 0.717) is 19.6 Å². The molecule has 0 bridgehead atoms. The van der Waals surface area contributed by atoms with Gasteiger partial charge in [0.25, 0.3) is 6.43 Å². The van der Waals surface area contributed by atoms with Crippen molar-refractivity contribution in [3.8, 4) is 0 Å². The molecule has 19 heavy (non-hydrogen) atoms. The van der Waals surface area contributed by atoms with Gasteiger partial charge in [-0.05, 0) is 13.8 Å². The van der Waals surface area contributed by atoms with E-state index in [4.69, 9.17) is 4.74 Å². The maximum Gasteiger partial charge on any atom is 0.261 e. The van der Waals surface area contributed by atoms with Crippen LogP contribution in [0.15, 0.2) is 0 Å². The third kappa shape index (κ3) is 5.29. The minimum Gasteiger partial charge on any atom is -0.374 e. The Morgan fingerprint density at radius 1 is 1.26 bits per heavy atom. The SMILES string of the molecule is C[C@@H]1CN(S(C)(=O)=O)[C@H](C)CN1CCOCC(F)F. The van der Waals surface area contributed by atoms with Crippen LogP contribution in [0, 0.1) is 0 Å². The number of halogens is 2. The van der Waals surface area contributed by atoms with Gasteiger partial charge in [0.2, 0.25) is 10.0 Å². The van der Waals surface area contributed by atoms with E-state index in [1.54, 1.807) is 0 Å². The summed E-state index contributed by atoms with van der Waals surface area (Å²) in [5, 5.41) is 0. The zero-order chi connectivity index (χ0) is 14.6. The second-order valence-electron chi connectivity index (χ2n) is 4.99. The summed E-state index contributed by atoms with van der Waals surface area (Å²) >= 11 is 0. The maximum absolute atomic E-state index is 11.9. The minimum atomic E-state index is -3.19. The van der Waals surface area contributed by atoms with Gasteiger partial charge in [-0.15, -0.1) is 0 Å². The standard InChI is InChI=1S/C11H22F2N2O3S/c1-9-7-15(19(3,16)17)10(2)6-14(9)4-5-18-8-11(12)13/h9-11H,4-8H2,1-3H3/t9-,10-/m1/s1. The minimum absolute atomic E-state index is 0.0566. The van der Waals surface area contributed by atoms with Crippen LogP contribution in [0.3, 0.4) is 0 Å². The lowest BCUT2D eigenvalue weighted by Gasteiger charge is -2.42. The van der Waals surface area contributed by atoms with E-state index in [0.717, 1.165) is 0 Å². The average Bonchev–Trinajstić information content (AvgIpc) is 2.26. The van der Waals surface area contributed by atoms with E-state index in [1.165, 1.54) is 10.6 Å². The molecule has 0 spiro atoms. The quantitative estimate of drug-likeness (QED) is 0.675. The maximum atomic E-state index is 11.9. The second kappa shape index (κ2) is 6.92. The summed E-state index contributed by atoms with van der Waals surface area (Å²) in [5.74, 6) is 0. The van der Waals surface area contributed by atoms with Crippen molar-refractivity contribution < 1.29 is 21.9 Å². The monoisotopic (exact) mass is 300 g/mol. The number of rotatable bonds is 6. The molecule has 0 N–H and O–H groups in total. The van der Waals surface area contributed by atoms with Crippen molar-refractivity contribution in [2.24, 2.45) is 0 Å². The molecule has 0 aliphatic carbocycles. The van der Waals surface area contributed by atoms with Crippen molar-refractivity contribution in [3.05, 3.63) is 0 Å². The smallest absolute Gasteiger partial charge is 0.261 e. The molecule has 1 fully saturated rings. The number of ether oxygens (including phenoxy) is 1. The molecular weight excluding hydrogens is 278 g/mol. The third-order valence-corrected chi connectivity index (χ3v) is 4.61. The van der Waals surface area contributed by atoms with Crippen molar-refractivity contribution >= 4 is 10.0 Å². The largest absolute Gasteiger partial charge is 0.374 e. The fourth-order valence-electron chi connectivity index (χ4n) is 2.29. The molecule has 0 unspecified atom stereocenters. The number of hydrogen-bond donors (Lipinski definition) is 0. The lowest BCUT2D eigenvalue weighted by atomic mass is 10.1. The summed E-state index contributed by atoms with van der Waals surface area (Å²) < 4.78 is 53.3. The molecule has 1 aliphatic heterocycles. The van der Waals surface area contributed by atoms with Gasteiger partial charge in [-0.3, -0.25) is 4.90 Å². The summed E-state index contributed by atoms with van der Waals surface area (Å²) in [6, 6.07) is -0.0534. The Hall–Kier alpha value is -0.310. The molecule has 0 amide bonds. The molecular formula is C11H22F2N2O3S. The molecule has 2 atom stereocenters. The van der Waals surface area contributed by atoms with Crippen LogP contribution in [0.25, 0.3) is 0 Å². The molecule has 1 heterocycles. The van der Waals surface area contributed by atoms with E-state index in [2.05, 4.69) is 4.90 Å². The first-order valence-corrected chi connectivity index (χ1v) is 8.13. The van der Waals surface area contributed by atoms with Gasteiger partial charge in [-0.2, -0.15) is 4.31 Å². The summed E-state index contributed by atoms with van der Waals surface area (Å²) in [5.41, 5.74) is 0. The molecule has 0 aromatic rings. The van der Waals surface area contributed by atoms with Gasteiger partial charge >= 0.3 is 0 Å². The molecule has 1 saturated heterocycles. The highest BCUT2D eigenvalue weighted by Crippen LogP contribution is 2.17. The summed E-state index contributed by atoms with van der Waals surface area (Å²) in [7, 11) is -3.19. The van der Waals surface area contributed by atoms with E-state index in [-0.39, 0.29) is 18.7 Å². The highest BCUT2D eigenvalue weighted by atomic mass is 32.2. The Balaban J connectivity index is 2.43. The van der Waals surface area contributed by atoms with Crippen LogP contribution in [0.1, 0.15) is 13.8 Å². The van der Waals surface area contributed by atoms with Crippen molar-refractivity contribution in [2.45, 2.75) is 32.4 Å². The van der Waals surface area contributed by atoms with Crippen LogP contribution in [0.5, 0.6) is 0 Å². The fourth-order valence-corrected chi connectivity index (χ4v) is 3.50. The fraction of sp³-hybridized carbons (Fsp3) is 1.00. The first kappa shape index (κ1) is 16.7. The Bertz CT molecular complexity index is 378. The second-order valence-corrected chi connectivity index (χ2v) is 6.93. The molecule has 1 aliphatic rings. The number of hydrogen-bond acceptors (Lipinski definition) is 4. The van der Waals surface area contributed by atoms with Crippen molar-refractivity contribution in [3.63, 3.8) is 0 Å².